The van der Waals surface area contributed by atoms with Crippen LogP contribution in [-0.4, -0.2) is 55.3 Å². The molecule has 19 heavy (non-hydrogen) atoms. The summed E-state index contributed by atoms with van der Waals surface area (Å²) < 4.78 is 66.8. The van der Waals surface area contributed by atoms with E-state index in [9.17, 15) is 21.6 Å². The molecule has 0 aromatic heterocycles. The van der Waals surface area contributed by atoms with Crippen LogP contribution >= 0.6 is 15.9 Å². The number of alkyl halides is 4. The fraction of sp³-hybridized carbons (Fsp3) is 1.00. The van der Waals surface area contributed by atoms with Crippen LogP contribution < -0.4 is 0 Å². The molecule has 0 aromatic carbocycles. The molecule has 0 amide bonds. The highest BCUT2D eigenvalue weighted by molar-refractivity contribution is 9.09. The van der Waals surface area contributed by atoms with Gasteiger partial charge in [0, 0.05) is 24.3 Å². The molecule has 0 radical (unpaired) electrons. The van der Waals surface area contributed by atoms with Crippen LogP contribution in [0.25, 0.3) is 0 Å². The molecule has 0 spiro atoms. The summed E-state index contributed by atoms with van der Waals surface area (Å²) in [5.41, 5.74) is 0. The first-order valence-electron chi connectivity index (χ1n) is 5.89. The number of hydrogen-bond acceptors (Lipinski definition) is 3. The molecular formula is C10H17BrF3NO3S. The molecule has 0 saturated carbocycles. The lowest BCUT2D eigenvalue weighted by Crippen LogP contribution is -2.52. The summed E-state index contributed by atoms with van der Waals surface area (Å²) in [6.45, 7) is 2.13. The van der Waals surface area contributed by atoms with Gasteiger partial charge in [-0.05, 0) is 13.3 Å². The van der Waals surface area contributed by atoms with E-state index in [0.29, 0.717) is 5.33 Å². The third-order valence-corrected chi connectivity index (χ3v) is 5.59. The van der Waals surface area contributed by atoms with Crippen molar-refractivity contribution in [3.8, 4) is 0 Å². The molecular weight excluding hydrogens is 351 g/mol. The Morgan fingerprint density at radius 2 is 2.05 bits per heavy atom. The molecule has 2 unspecified atom stereocenters. The van der Waals surface area contributed by atoms with E-state index in [1.165, 1.54) is 4.31 Å². The molecule has 0 aromatic rings. The van der Waals surface area contributed by atoms with Gasteiger partial charge in [-0.1, -0.05) is 15.9 Å². The zero-order valence-corrected chi connectivity index (χ0v) is 12.9. The lowest BCUT2D eigenvalue weighted by atomic mass is 10.2. The first kappa shape index (κ1) is 17.2. The Morgan fingerprint density at radius 1 is 1.42 bits per heavy atom. The van der Waals surface area contributed by atoms with Crippen LogP contribution in [0.2, 0.25) is 0 Å². The Balaban J connectivity index is 2.59. The maximum atomic E-state index is 12.0. The van der Waals surface area contributed by atoms with Crippen molar-refractivity contribution in [2.24, 2.45) is 0 Å². The predicted octanol–water partition coefficient (Wildman–Crippen LogP) is 2.14. The summed E-state index contributed by atoms with van der Waals surface area (Å²) in [4.78, 5) is 0. The second-order valence-corrected chi connectivity index (χ2v) is 7.25. The van der Waals surface area contributed by atoms with E-state index in [1.54, 1.807) is 6.92 Å². The minimum absolute atomic E-state index is 0.181. The summed E-state index contributed by atoms with van der Waals surface area (Å²) in [5.74, 6) is -0.480. The fourth-order valence-electron chi connectivity index (χ4n) is 1.85. The van der Waals surface area contributed by atoms with E-state index in [-0.39, 0.29) is 25.3 Å². The summed E-state index contributed by atoms with van der Waals surface area (Å²) in [6, 6.07) is -0.341. The van der Waals surface area contributed by atoms with Crippen LogP contribution in [0, 0.1) is 0 Å². The largest absolute Gasteiger partial charge is 0.389 e. The number of halogens is 4. The maximum Gasteiger partial charge on any atom is 0.389 e. The number of hydrogen-bond donors (Lipinski definition) is 0. The minimum atomic E-state index is -4.31. The zero-order valence-electron chi connectivity index (χ0n) is 10.5. The smallest absolute Gasteiger partial charge is 0.374 e. The van der Waals surface area contributed by atoms with E-state index in [2.05, 4.69) is 15.9 Å². The van der Waals surface area contributed by atoms with Crippen molar-refractivity contribution in [1.29, 1.82) is 0 Å². The summed E-state index contributed by atoms with van der Waals surface area (Å²) in [6.07, 6.45) is -6.06. The Morgan fingerprint density at radius 3 is 2.58 bits per heavy atom. The number of nitrogens with zero attached hydrogens (tertiary/aromatic N) is 1. The summed E-state index contributed by atoms with van der Waals surface area (Å²) in [7, 11) is -3.67. The van der Waals surface area contributed by atoms with Gasteiger partial charge < -0.3 is 4.74 Å². The average Bonchev–Trinajstić information content (AvgIpc) is 2.27. The van der Waals surface area contributed by atoms with Gasteiger partial charge in [-0.25, -0.2) is 8.42 Å². The molecule has 0 aliphatic carbocycles. The standard InChI is InChI=1S/C10H17BrF3NO3S/c1-8-7-18-9(5-11)6-15(8)19(16,17)4-2-3-10(12,13)14/h8-9H,2-7H2,1H3. The predicted molar refractivity (Wildman–Crippen MR) is 68.8 cm³/mol. The molecule has 1 aliphatic rings. The third-order valence-electron chi connectivity index (χ3n) is 2.84. The van der Waals surface area contributed by atoms with Crippen molar-refractivity contribution in [3.05, 3.63) is 0 Å². The van der Waals surface area contributed by atoms with Gasteiger partial charge in [0.05, 0.1) is 18.5 Å². The van der Waals surface area contributed by atoms with E-state index >= 15 is 0 Å². The Labute approximate surface area is 119 Å². The summed E-state index contributed by atoms with van der Waals surface area (Å²) >= 11 is 3.21. The lowest BCUT2D eigenvalue weighted by molar-refractivity contribution is -0.134. The van der Waals surface area contributed by atoms with Crippen LogP contribution in [-0.2, 0) is 14.8 Å². The average molecular weight is 368 g/mol. The highest BCUT2D eigenvalue weighted by Crippen LogP contribution is 2.23. The number of morpholine rings is 1. The van der Waals surface area contributed by atoms with Crippen LogP contribution in [0.15, 0.2) is 0 Å². The Kier molecular flexibility index (Phi) is 6.09. The van der Waals surface area contributed by atoms with Crippen LogP contribution in [0.3, 0.4) is 0 Å². The van der Waals surface area contributed by atoms with E-state index in [0.717, 1.165) is 0 Å². The normalized spacial score (nSPS) is 26.6. The highest BCUT2D eigenvalue weighted by atomic mass is 79.9. The van der Waals surface area contributed by atoms with E-state index < -0.39 is 34.8 Å². The fourth-order valence-corrected chi connectivity index (χ4v) is 3.98. The van der Waals surface area contributed by atoms with Crippen molar-refractivity contribution in [2.45, 2.75) is 38.1 Å². The van der Waals surface area contributed by atoms with Gasteiger partial charge in [0.25, 0.3) is 0 Å². The van der Waals surface area contributed by atoms with E-state index in [1.807, 2.05) is 0 Å². The zero-order chi connectivity index (χ0) is 14.7. The van der Waals surface area contributed by atoms with Gasteiger partial charge in [-0.15, -0.1) is 0 Å². The van der Waals surface area contributed by atoms with Crippen LogP contribution in [0.5, 0.6) is 0 Å². The Bertz CT molecular complexity index is 388. The molecule has 0 bridgehead atoms. The van der Waals surface area contributed by atoms with Crippen molar-refractivity contribution < 1.29 is 26.3 Å². The molecule has 1 aliphatic heterocycles. The molecule has 4 nitrogen and oxygen atoms in total. The molecule has 0 N–H and O–H groups in total. The van der Waals surface area contributed by atoms with Crippen molar-refractivity contribution in [3.63, 3.8) is 0 Å². The van der Waals surface area contributed by atoms with Gasteiger partial charge in [-0.2, -0.15) is 17.5 Å². The molecule has 1 saturated heterocycles. The Hall–Kier alpha value is 0.140. The highest BCUT2D eigenvalue weighted by Gasteiger charge is 2.35. The first-order chi connectivity index (χ1) is 8.65. The second-order valence-electron chi connectivity index (χ2n) is 4.56. The quantitative estimate of drug-likeness (QED) is 0.699. The summed E-state index contributed by atoms with van der Waals surface area (Å²) in [5, 5.41) is 0.494. The third kappa shape index (κ3) is 5.57. The number of sulfonamides is 1. The molecule has 2 atom stereocenters. The topological polar surface area (TPSA) is 46.6 Å². The van der Waals surface area contributed by atoms with Crippen molar-refractivity contribution >= 4 is 26.0 Å². The van der Waals surface area contributed by atoms with Crippen LogP contribution in [0.4, 0.5) is 13.2 Å². The number of ether oxygens (including phenoxy) is 1. The van der Waals surface area contributed by atoms with E-state index in [4.69, 9.17) is 4.74 Å². The van der Waals surface area contributed by atoms with Crippen molar-refractivity contribution in [2.75, 3.05) is 24.2 Å². The molecule has 114 valence electrons. The monoisotopic (exact) mass is 367 g/mol. The number of rotatable bonds is 5. The molecule has 1 fully saturated rings. The molecule has 1 heterocycles. The van der Waals surface area contributed by atoms with Gasteiger partial charge in [0.15, 0.2) is 0 Å². The minimum Gasteiger partial charge on any atom is -0.374 e. The van der Waals surface area contributed by atoms with Crippen LogP contribution in [0.1, 0.15) is 19.8 Å². The van der Waals surface area contributed by atoms with Crippen molar-refractivity contribution in [1.82, 2.24) is 4.31 Å². The SMILES string of the molecule is CC1COC(CBr)CN1S(=O)(=O)CCCC(F)(F)F. The van der Waals surface area contributed by atoms with Gasteiger partial charge in [0.1, 0.15) is 0 Å². The lowest BCUT2D eigenvalue weighted by Gasteiger charge is -2.36. The molecule has 9 heteroatoms. The maximum absolute atomic E-state index is 12.0. The first-order valence-corrected chi connectivity index (χ1v) is 8.62. The molecule has 1 rings (SSSR count). The van der Waals surface area contributed by atoms with Gasteiger partial charge in [0.2, 0.25) is 10.0 Å². The van der Waals surface area contributed by atoms with Gasteiger partial charge >= 0.3 is 6.18 Å². The van der Waals surface area contributed by atoms with Gasteiger partial charge in [-0.3, -0.25) is 0 Å². The second kappa shape index (κ2) is 6.73.